The summed E-state index contributed by atoms with van der Waals surface area (Å²) >= 11 is 0. The fourth-order valence-corrected chi connectivity index (χ4v) is 11.9. The Hall–Kier alpha value is -9.19. The lowest BCUT2D eigenvalue weighted by atomic mass is 9.70. The zero-order valence-electron chi connectivity index (χ0n) is 37.1. The van der Waals surface area contributed by atoms with Crippen molar-refractivity contribution in [2.75, 3.05) is 0 Å². The van der Waals surface area contributed by atoms with Crippen molar-refractivity contribution in [3.63, 3.8) is 0 Å². The highest BCUT2D eigenvalue weighted by Crippen LogP contribution is 2.64. The van der Waals surface area contributed by atoms with Gasteiger partial charge >= 0.3 is 0 Å². The van der Waals surface area contributed by atoms with E-state index in [9.17, 15) is 0 Å². The molecule has 0 radical (unpaired) electrons. The molecule has 0 N–H and O–H groups in total. The van der Waals surface area contributed by atoms with Crippen LogP contribution >= 0.6 is 0 Å². The zero-order chi connectivity index (χ0) is 45.2. The maximum absolute atomic E-state index is 6.58. The fourth-order valence-electron chi connectivity index (χ4n) is 11.9. The highest BCUT2D eigenvalue weighted by atomic mass is 16.3. The van der Waals surface area contributed by atoms with Crippen LogP contribution in [0.4, 0.5) is 0 Å². The average Bonchev–Trinajstić information content (AvgIpc) is 4.15. The molecule has 0 fully saturated rings. The largest absolute Gasteiger partial charge is 0.456 e. The van der Waals surface area contributed by atoms with Gasteiger partial charge in [0.2, 0.25) is 0 Å². The van der Waals surface area contributed by atoms with Crippen LogP contribution in [0.2, 0.25) is 0 Å². The van der Waals surface area contributed by atoms with Gasteiger partial charge < -0.3 is 8.98 Å². The molecule has 320 valence electrons. The van der Waals surface area contributed by atoms with Crippen molar-refractivity contribution in [1.29, 1.82) is 0 Å². The summed E-state index contributed by atoms with van der Waals surface area (Å²) < 4.78 is 9.05. The minimum atomic E-state index is -0.461. The van der Waals surface area contributed by atoms with Gasteiger partial charge in [0.1, 0.15) is 11.2 Å². The van der Waals surface area contributed by atoms with E-state index in [0.717, 1.165) is 61.0 Å². The zero-order valence-corrected chi connectivity index (χ0v) is 37.1. The third-order valence-corrected chi connectivity index (χ3v) is 14.6. The van der Waals surface area contributed by atoms with Gasteiger partial charge in [0.15, 0.2) is 17.5 Å². The molecule has 0 saturated heterocycles. The van der Waals surface area contributed by atoms with Gasteiger partial charge in [-0.25, -0.2) is 15.0 Å². The minimum Gasteiger partial charge on any atom is -0.456 e. The topological polar surface area (TPSA) is 56.7 Å². The first-order chi connectivity index (χ1) is 34.2. The van der Waals surface area contributed by atoms with Gasteiger partial charge in [-0.1, -0.05) is 194 Å². The average molecular weight is 879 g/mol. The molecule has 0 amide bonds. The van der Waals surface area contributed by atoms with E-state index in [1.54, 1.807) is 0 Å². The van der Waals surface area contributed by atoms with E-state index >= 15 is 0 Å². The van der Waals surface area contributed by atoms with Crippen molar-refractivity contribution < 1.29 is 4.42 Å². The number of nitrogens with zero attached hydrogens (tertiary/aromatic N) is 4. The second-order valence-corrected chi connectivity index (χ2v) is 18.2. The first-order valence-electron chi connectivity index (χ1n) is 23.5. The molecule has 2 aliphatic carbocycles. The molecule has 15 rings (SSSR count). The summed E-state index contributed by atoms with van der Waals surface area (Å²) in [5.74, 6) is 1.75. The molecule has 2 aliphatic rings. The molecule has 5 heteroatoms. The standard InChI is InChI=1S/C64H38N4O/c1-3-18-39(19-4-1)50-37-42(38-57-58(50)49-28-11-16-33-56(49)69-57)63-66-61(40-20-5-2-6-21-40)65-62(67-63)41-22-17-23-43(36-41)68-55-32-15-10-26-46(55)47-34-35-54-59(60(47)68)48-27-9-14-31-53(48)64(54)51-29-12-7-24-44(51)45-25-8-13-30-52(45)64/h1-38H. The van der Waals surface area contributed by atoms with Crippen molar-refractivity contribution in [2.24, 2.45) is 0 Å². The first kappa shape index (κ1) is 38.0. The van der Waals surface area contributed by atoms with Gasteiger partial charge in [0.25, 0.3) is 0 Å². The van der Waals surface area contributed by atoms with E-state index in [0.29, 0.717) is 17.5 Å². The van der Waals surface area contributed by atoms with E-state index in [1.807, 2.05) is 36.4 Å². The van der Waals surface area contributed by atoms with Crippen LogP contribution < -0.4 is 0 Å². The summed E-state index contributed by atoms with van der Waals surface area (Å²) in [6.07, 6.45) is 0. The maximum atomic E-state index is 6.58. The molecular formula is C64H38N4O. The van der Waals surface area contributed by atoms with Crippen LogP contribution in [-0.4, -0.2) is 19.5 Å². The molecule has 0 atom stereocenters. The smallest absolute Gasteiger partial charge is 0.164 e. The van der Waals surface area contributed by atoms with Crippen molar-refractivity contribution in [2.45, 2.75) is 5.41 Å². The predicted molar refractivity (Wildman–Crippen MR) is 279 cm³/mol. The Balaban J connectivity index is 0.970. The summed E-state index contributed by atoms with van der Waals surface area (Å²) in [4.78, 5) is 15.8. The second-order valence-electron chi connectivity index (χ2n) is 18.2. The molecule has 3 heterocycles. The summed E-state index contributed by atoms with van der Waals surface area (Å²) in [6.45, 7) is 0. The Kier molecular flexibility index (Phi) is 7.93. The predicted octanol–water partition coefficient (Wildman–Crippen LogP) is 15.9. The van der Waals surface area contributed by atoms with E-state index < -0.39 is 5.41 Å². The van der Waals surface area contributed by atoms with Crippen molar-refractivity contribution in [1.82, 2.24) is 19.5 Å². The lowest BCUT2D eigenvalue weighted by Gasteiger charge is -2.30. The Labute approximate surface area is 397 Å². The molecule has 13 aromatic rings. The SMILES string of the molecule is c1ccc(-c2nc(-c3cccc(-n4c5ccccc5c5ccc6c(c54)-c4ccccc4C64c5ccccc5-c5ccccc54)c3)nc(-c3cc(-c4ccccc4)c4c(c3)oc3ccccc34)n2)cc1. The summed E-state index contributed by atoms with van der Waals surface area (Å²) in [7, 11) is 0. The summed E-state index contributed by atoms with van der Waals surface area (Å²) in [5.41, 5.74) is 19.7. The van der Waals surface area contributed by atoms with E-state index in [2.05, 4.69) is 199 Å². The molecule has 69 heavy (non-hydrogen) atoms. The number of para-hydroxylation sites is 2. The molecule has 1 spiro atoms. The Morgan fingerprint density at radius 2 is 0.913 bits per heavy atom. The lowest BCUT2D eigenvalue weighted by Crippen LogP contribution is -2.25. The molecule has 0 saturated carbocycles. The lowest BCUT2D eigenvalue weighted by molar-refractivity contribution is 0.669. The van der Waals surface area contributed by atoms with Crippen LogP contribution in [0.3, 0.4) is 0 Å². The third-order valence-electron chi connectivity index (χ3n) is 14.6. The van der Waals surface area contributed by atoms with Crippen LogP contribution in [-0.2, 0) is 5.41 Å². The normalized spacial score (nSPS) is 13.0. The number of furan rings is 1. The Morgan fingerprint density at radius 3 is 1.65 bits per heavy atom. The number of hydrogen-bond donors (Lipinski definition) is 0. The Morgan fingerprint density at radius 1 is 0.348 bits per heavy atom. The first-order valence-corrected chi connectivity index (χ1v) is 23.5. The molecule has 0 aliphatic heterocycles. The summed E-state index contributed by atoms with van der Waals surface area (Å²) in [5, 5.41) is 4.56. The van der Waals surface area contributed by atoms with Crippen LogP contribution in [0, 0.1) is 0 Å². The van der Waals surface area contributed by atoms with E-state index in [1.165, 1.54) is 60.8 Å². The number of hydrogen-bond acceptors (Lipinski definition) is 4. The quantitative estimate of drug-likeness (QED) is 0.173. The number of rotatable bonds is 5. The van der Waals surface area contributed by atoms with Crippen LogP contribution in [0.1, 0.15) is 22.3 Å². The molecular weight excluding hydrogens is 841 g/mol. The van der Waals surface area contributed by atoms with Crippen LogP contribution in [0.25, 0.3) is 117 Å². The van der Waals surface area contributed by atoms with Crippen molar-refractivity contribution in [3.8, 4) is 73.2 Å². The third kappa shape index (κ3) is 5.32. The molecule has 0 unspecified atom stereocenters. The van der Waals surface area contributed by atoms with Crippen LogP contribution in [0.15, 0.2) is 235 Å². The molecule has 10 aromatic carbocycles. The number of benzene rings is 10. The highest BCUT2D eigenvalue weighted by Gasteiger charge is 2.52. The van der Waals surface area contributed by atoms with Gasteiger partial charge in [-0.15, -0.1) is 0 Å². The van der Waals surface area contributed by atoms with Crippen molar-refractivity contribution in [3.05, 3.63) is 253 Å². The fraction of sp³-hybridized carbons (Fsp3) is 0.0156. The molecule has 0 bridgehead atoms. The second kappa shape index (κ2) is 14.4. The monoisotopic (exact) mass is 878 g/mol. The van der Waals surface area contributed by atoms with Gasteiger partial charge in [0, 0.05) is 49.5 Å². The molecule has 5 nitrogen and oxygen atoms in total. The minimum absolute atomic E-state index is 0.461. The van der Waals surface area contributed by atoms with Crippen LogP contribution in [0.5, 0.6) is 0 Å². The van der Waals surface area contributed by atoms with E-state index in [4.69, 9.17) is 19.4 Å². The van der Waals surface area contributed by atoms with Gasteiger partial charge in [0.05, 0.1) is 16.4 Å². The highest BCUT2D eigenvalue weighted by molar-refractivity contribution is 6.17. The van der Waals surface area contributed by atoms with Gasteiger partial charge in [-0.3, -0.25) is 0 Å². The van der Waals surface area contributed by atoms with E-state index in [-0.39, 0.29) is 0 Å². The Bertz CT molecular complexity index is 4210. The summed E-state index contributed by atoms with van der Waals surface area (Å²) in [6, 6.07) is 82.6. The number of aromatic nitrogens is 4. The maximum Gasteiger partial charge on any atom is 0.164 e. The van der Waals surface area contributed by atoms with Crippen molar-refractivity contribution >= 4 is 43.7 Å². The van der Waals surface area contributed by atoms with Gasteiger partial charge in [-0.05, 0) is 86.5 Å². The van der Waals surface area contributed by atoms with Gasteiger partial charge in [-0.2, -0.15) is 0 Å². The number of fused-ring (bicyclic) bond motifs is 17. The molecule has 3 aromatic heterocycles.